The number of nitrogen functional groups attached to an aromatic ring is 1. The Morgan fingerprint density at radius 2 is 2.20 bits per heavy atom. The zero-order chi connectivity index (χ0) is 17.4. The summed E-state index contributed by atoms with van der Waals surface area (Å²) in [4.78, 5) is 21.2. The molecule has 0 aliphatic rings. The first kappa shape index (κ1) is 15.3. The van der Waals surface area contributed by atoms with E-state index in [-0.39, 0.29) is 11.9 Å². The fraction of sp³-hybridized carbons (Fsp3) is 0.125. The molecule has 9 heteroatoms. The number of hydrogen-bond acceptors (Lipinski definition) is 6. The zero-order valence-corrected chi connectivity index (χ0v) is 14.2. The van der Waals surface area contributed by atoms with Crippen LogP contribution in [0.4, 0.5) is 5.95 Å². The Kier molecular flexibility index (Phi) is 3.69. The van der Waals surface area contributed by atoms with Crippen molar-refractivity contribution in [2.75, 3.05) is 5.73 Å². The number of aromatic nitrogens is 5. The number of thiophene rings is 1. The van der Waals surface area contributed by atoms with E-state index in [9.17, 15) is 4.79 Å². The minimum absolute atomic E-state index is 0.118. The van der Waals surface area contributed by atoms with Crippen molar-refractivity contribution in [2.45, 2.75) is 6.54 Å². The first-order valence-corrected chi connectivity index (χ1v) is 8.42. The van der Waals surface area contributed by atoms with Crippen LogP contribution in [0.15, 0.2) is 42.3 Å². The van der Waals surface area contributed by atoms with Crippen molar-refractivity contribution in [3.8, 4) is 11.1 Å². The first-order valence-electron chi connectivity index (χ1n) is 7.54. The maximum Gasteiger partial charge on any atom is 0.261 e. The number of pyridine rings is 1. The summed E-state index contributed by atoms with van der Waals surface area (Å²) >= 11 is 1.40. The van der Waals surface area contributed by atoms with Crippen molar-refractivity contribution < 1.29 is 4.79 Å². The molecule has 0 unspecified atom stereocenters. The predicted molar refractivity (Wildman–Crippen MR) is 95.1 cm³/mol. The van der Waals surface area contributed by atoms with Crippen LogP contribution in [0.25, 0.3) is 16.8 Å². The van der Waals surface area contributed by atoms with E-state index in [4.69, 9.17) is 5.73 Å². The lowest BCUT2D eigenvalue weighted by molar-refractivity contribution is 0.0954. The molecule has 4 aromatic heterocycles. The van der Waals surface area contributed by atoms with E-state index in [1.165, 1.54) is 11.3 Å². The number of nitrogens with one attached hydrogen (secondary N) is 1. The molecule has 1 amide bonds. The Morgan fingerprint density at radius 1 is 1.32 bits per heavy atom. The van der Waals surface area contributed by atoms with E-state index in [2.05, 4.69) is 20.4 Å². The van der Waals surface area contributed by atoms with E-state index in [1.54, 1.807) is 10.8 Å². The van der Waals surface area contributed by atoms with Crippen LogP contribution in [0, 0.1) is 0 Å². The number of nitrogens with two attached hydrogens (primary N) is 1. The molecule has 0 radical (unpaired) electrons. The van der Waals surface area contributed by atoms with Crippen LogP contribution in [0.2, 0.25) is 0 Å². The Bertz CT molecular complexity index is 1060. The van der Waals surface area contributed by atoms with Gasteiger partial charge in [-0.1, -0.05) is 0 Å². The van der Waals surface area contributed by atoms with Crippen LogP contribution in [0.1, 0.15) is 15.4 Å². The maximum atomic E-state index is 12.3. The number of amides is 1. The van der Waals surface area contributed by atoms with Crippen molar-refractivity contribution in [3.05, 3.63) is 52.9 Å². The summed E-state index contributed by atoms with van der Waals surface area (Å²) in [5.74, 6) is 0.116. The van der Waals surface area contributed by atoms with Gasteiger partial charge in [0.2, 0.25) is 5.95 Å². The number of aryl methyl sites for hydroxylation is 1. The van der Waals surface area contributed by atoms with E-state index in [0.717, 1.165) is 16.8 Å². The van der Waals surface area contributed by atoms with Gasteiger partial charge in [0, 0.05) is 25.0 Å². The van der Waals surface area contributed by atoms with Gasteiger partial charge in [0.1, 0.15) is 0 Å². The van der Waals surface area contributed by atoms with Gasteiger partial charge in [-0.3, -0.25) is 4.79 Å². The summed E-state index contributed by atoms with van der Waals surface area (Å²) in [6.07, 6.45) is 5.42. The van der Waals surface area contributed by atoms with Crippen molar-refractivity contribution in [3.63, 3.8) is 0 Å². The van der Waals surface area contributed by atoms with Crippen LogP contribution in [-0.2, 0) is 13.6 Å². The van der Waals surface area contributed by atoms with Crippen molar-refractivity contribution >= 4 is 28.8 Å². The standard InChI is InChI=1S/C16H15N7OS/c1-22-7-12(19-9-22)5-18-15(24)13-4-11(8-25-13)10-2-3-14-20-16(17)21-23(14)6-10/h2-4,6-9H,5H2,1H3,(H2,17,21)(H,18,24). The average molecular weight is 353 g/mol. The Labute approximate surface area is 146 Å². The molecule has 0 bridgehead atoms. The van der Waals surface area contributed by atoms with Gasteiger partial charge in [-0.15, -0.1) is 16.4 Å². The van der Waals surface area contributed by atoms with Crippen LogP contribution >= 0.6 is 11.3 Å². The molecule has 0 aliphatic carbocycles. The largest absolute Gasteiger partial charge is 0.366 e. The lowest BCUT2D eigenvalue weighted by atomic mass is 10.1. The Morgan fingerprint density at radius 3 is 3.00 bits per heavy atom. The topological polar surface area (TPSA) is 103 Å². The SMILES string of the molecule is Cn1cnc(CNC(=O)c2cc(-c3ccc4nc(N)nn4c3)cs2)c1. The van der Waals surface area contributed by atoms with Crippen molar-refractivity contribution in [1.82, 2.24) is 29.5 Å². The summed E-state index contributed by atoms with van der Waals surface area (Å²) in [6, 6.07) is 5.64. The fourth-order valence-corrected chi connectivity index (χ4v) is 3.33. The van der Waals surface area contributed by atoms with Gasteiger partial charge in [-0.25, -0.2) is 9.50 Å². The molecular weight excluding hydrogens is 338 g/mol. The summed E-state index contributed by atoms with van der Waals surface area (Å²) in [6.45, 7) is 0.400. The molecule has 0 fully saturated rings. The summed E-state index contributed by atoms with van der Waals surface area (Å²) in [7, 11) is 1.89. The number of anilines is 1. The second kappa shape index (κ2) is 6.02. The quantitative estimate of drug-likeness (QED) is 0.581. The van der Waals surface area contributed by atoms with Gasteiger partial charge >= 0.3 is 0 Å². The molecule has 25 heavy (non-hydrogen) atoms. The number of carbonyl (C=O) groups excluding carboxylic acids is 1. The molecule has 4 aromatic rings. The highest BCUT2D eigenvalue weighted by Gasteiger charge is 2.11. The van der Waals surface area contributed by atoms with Gasteiger partial charge in [0.25, 0.3) is 5.91 Å². The summed E-state index contributed by atoms with van der Waals surface area (Å²) < 4.78 is 3.47. The van der Waals surface area contributed by atoms with E-state index >= 15 is 0 Å². The van der Waals surface area contributed by atoms with Gasteiger partial charge in [0.15, 0.2) is 5.65 Å². The van der Waals surface area contributed by atoms with Crippen LogP contribution in [0.3, 0.4) is 0 Å². The minimum atomic E-state index is -0.118. The fourth-order valence-electron chi connectivity index (χ4n) is 2.49. The Hall–Kier alpha value is -3.20. The number of hydrogen-bond donors (Lipinski definition) is 2. The van der Waals surface area contributed by atoms with Crippen LogP contribution in [0.5, 0.6) is 0 Å². The monoisotopic (exact) mass is 353 g/mol. The third-order valence-corrected chi connectivity index (χ3v) is 4.62. The number of nitrogens with zero attached hydrogens (tertiary/aromatic N) is 5. The van der Waals surface area contributed by atoms with Crippen LogP contribution < -0.4 is 11.1 Å². The second-order valence-electron chi connectivity index (χ2n) is 5.60. The first-order chi connectivity index (χ1) is 12.1. The van der Waals surface area contributed by atoms with Crippen molar-refractivity contribution in [1.29, 1.82) is 0 Å². The maximum absolute atomic E-state index is 12.3. The van der Waals surface area contributed by atoms with E-state index in [1.807, 2.05) is 47.6 Å². The number of imidazole rings is 1. The van der Waals surface area contributed by atoms with Gasteiger partial charge in [-0.2, -0.15) is 4.98 Å². The van der Waals surface area contributed by atoms with Crippen LogP contribution in [-0.4, -0.2) is 30.1 Å². The molecule has 126 valence electrons. The molecule has 0 saturated heterocycles. The normalized spacial score (nSPS) is 11.1. The molecule has 8 nitrogen and oxygen atoms in total. The molecular formula is C16H15N7OS. The molecule has 0 aliphatic heterocycles. The third-order valence-electron chi connectivity index (χ3n) is 3.69. The highest BCUT2D eigenvalue weighted by atomic mass is 32.1. The molecule has 4 rings (SSSR count). The molecule has 0 saturated carbocycles. The molecule has 0 atom stereocenters. The van der Waals surface area contributed by atoms with Crippen molar-refractivity contribution in [2.24, 2.45) is 7.05 Å². The Balaban J connectivity index is 1.51. The molecule has 0 aromatic carbocycles. The van der Waals surface area contributed by atoms with Gasteiger partial charge in [-0.05, 0) is 29.1 Å². The van der Waals surface area contributed by atoms with E-state index in [0.29, 0.717) is 17.1 Å². The number of carbonyl (C=O) groups is 1. The highest BCUT2D eigenvalue weighted by Crippen LogP contribution is 2.26. The van der Waals surface area contributed by atoms with Gasteiger partial charge < -0.3 is 15.6 Å². The second-order valence-corrected chi connectivity index (χ2v) is 6.51. The lowest BCUT2D eigenvalue weighted by Gasteiger charge is -2.00. The highest BCUT2D eigenvalue weighted by molar-refractivity contribution is 7.12. The predicted octanol–water partition coefficient (Wildman–Crippen LogP) is 1.70. The van der Waals surface area contributed by atoms with Gasteiger partial charge in [0.05, 0.1) is 23.4 Å². The molecule has 4 heterocycles. The number of rotatable bonds is 4. The lowest BCUT2D eigenvalue weighted by Crippen LogP contribution is -2.21. The van der Waals surface area contributed by atoms with E-state index < -0.39 is 0 Å². The molecule has 3 N–H and O–H groups in total. The molecule has 0 spiro atoms. The number of fused-ring (bicyclic) bond motifs is 1. The zero-order valence-electron chi connectivity index (χ0n) is 13.4. The summed E-state index contributed by atoms with van der Waals surface area (Å²) in [5, 5.41) is 8.92. The minimum Gasteiger partial charge on any atom is -0.366 e. The average Bonchev–Trinajstić information content (AvgIpc) is 3.30. The smallest absolute Gasteiger partial charge is 0.261 e. The summed E-state index contributed by atoms with van der Waals surface area (Å²) in [5.41, 5.74) is 9.00. The third kappa shape index (κ3) is 3.09.